The molecule has 2 atom stereocenters. The number of rotatable bonds is 12. The molecule has 0 aromatic carbocycles. The monoisotopic (exact) mass is 376 g/mol. The Morgan fingerprint density at radius 3 is 2.15 bits per heavy atom. The van der Waals surface area contributed by atoms with Crippen molar-refractivity contribution in [1.29, 1.82) is 0 Å². The average molecular weight is 376 g/mol. The number of nitrogens with two attached hydrogens (primary N) is 1. The van der Waals surface area contributed by atoms with Gasteiger partial charge in [-0.15, -0.1) is 0 Å². The molecule has 0 spiro atoms. The van der Waals surface area contributed by atoms with Gasteiger partial charge in [0, 0.05) is 5.69 Å². The van der Waals surface area contributed by atoms with Gasteiger partial charge in [0.2, 0.25) is 0 Å². The molecule has 0 aliphatic carbocycles. The molecule has 1 heterocycles. The minimum atomic E-state index is -4.52. The normalized spacial score (nSPS) is 14.4. The first-order valence-corrected chi connectivity index (χ1v) is 9.42. The van der Waals surface area contributed by atoms with E-state index in [4.69, 9.17) is 10.8 Å². The van der Waals surface area contributed by atoms with Gasteiger partial charge in [-0.3, -0.25) is 4.98 Å². The Labute approximate surface area is 153 Å². The predicted octanol–water partition coefficient (Wildman–Crippen LogP) is 4.14. The van der Waals surface area contributed by atoms with Crippen molar-refractivity contribution in [3.63, 3.8) is 0 Å². The zero-order valence-corrected chi connectivity index (χ0v) is 15.4. The third-order valence-electron chi connectivity index (χ3n) is 4.43. The summed E-state index contributed by atoms with van der Waals surface area (Å²) in [7, 11) is 0. The Bertz CT molecular complexity index is 524. The maximum atomic E-state index is 13.1. The van der Waals surface area contributed by atoms with Crippen LogP contribution in [0.15, 0.2) is 12.1 Å². The third-order valence-corrected chi connectivity index (χ3v) is 4.43. The van der Waals surface area contributed by atoms with E-state index in [1.807, 2.05) is 0 Å². The summed E-state index contributed by atoms with van der Waals surface area (Å²) in [5.41, 5.74) is 4.83. The molecule has 1 aromatic rings. The molecule has 0 bridgehead atoms. The summed E-state index contributed by atoms with van der Waals surface area (Å²) < 4.78 is 39.3. The van der Waals surface area contributed by atoms with Crippen LogP contribution in [0.4, 0.5) is 13.2 Å². The van der Waals surface area contributed by atoms with Gasteiger partial charge in [0.1, 0.15) is 6.10 Å². The molecule has 1 aromatic heterocycles. The fourth-order valence-corrected chi connectivity index (χ4v) is 2.81. The summed E-state index contributed by atoms with van der Waals surface area (Å²) in [6.07, 6.45) is 3.26. The van der Waals surface area contributed by atoms with E-state index in [2.05, 4.69) is 11.9 Å². The molecule has 0 fully saturated rings. The van der Waals surface area contributed by atoms with E-state index in [0.29, 0.717) is 12.1 Å². The SMILES string of the molecule is CCCCCCCCCCc1cc(C(F)(F)F)cc(C(O)C(N)CO)n1. The zero-order chi connectivity index (χ0) is 19.6. The zero-order valence-electron chi connectivity index (χ0n) is 15.4. The molecule has 7 heteroatoms. The Morgan fingerprint density at radius 1 is 1.04 bits per heavy atom. The van der Waals surface area contributed by atoms with Crippen molar-refractivity contribution in [2.45, 2.75) is 83.0 Å². The van der Waals surface area contributed by atoms with Crippen LogP contribution in [0.25, 0.3) is 0 Å². The number of aryl methyl sites for hydroxylation is 1. The van der Waals surface area contributed by atoms with E-state index < -0.39 is 30.5 Å². The van der Waals surface area contributed by atoms with Gasteiger partial charge in [0.25, 0.3) is 0 Å². The molecule has 4 nitrogen and oxygen atoms in total. The van der Waals surface area contributed by atoms with E-state index in [-0.39, 0.29) is 5.69 Å². The fraction of sp³-hybridized carbons (Fsp3) is 0.737. The van der Waals surface area contributed by atoms with E-state index >= 15 is 0 Å². The Kier molecular flexibility index (Phi) is 10.1. The first-order chi connectivity index (χ1) is 12.3. The number of unbranched alkanes of at least 4 members (excludes halogenated alkanes) is 7. The van der Waals surface area contributed by atoms with E-state index in [1.165, 1.54) is 25.7 Å². The summed E-state index contributed by atoms with van der Waals surface area (Å²) >= 11 is 0. The van der Waals surface area contributed by atoms with Gasteiger partial charge in [-0.05, 0) is 25.0 Å². The quantitative estimate of drug-likeness (QED) is 0.479. The van der Waals surface area contributed by atoms with Gasteiger partial charge in [-0.25, -0.2) is 0 Å². The van der Waals surface area contributed by atoms with Crippen LogP contribution in [0.1, 0.15) is 81.3 Å². The molecule has 2 unspecified atom stereocenters. The molecule has 0 radical (unpaired) electrons. The minimum Gasteiger partial charge on any atom is -0.395 e. The molecule has 0 aliphatic rings. The Morgan fingerprint density at radius 2 is 1.62 bits per heavy atom. The van der Waals surface area contributed by atoms with Gasteiger partial charge in [-0.2, -0.15) is 13.2 Å². The molecular weight excluding hydrogens is 345 g/mol. The Hall–Kier alpha value is -1.18. The lowest BCUT2D eigenvalue weighted by molar-refractivity contribution is -0.137. The van der Waals surface area contributed by atoms with Crippen molar-refractivity contribution in [2.24, 2.45) is 5.73 Å². The Balaban J connectivity index is 2.66. The lowest BCUT2D eigenvalue weighted by atomic mass is 10.0. The number of halogens is 3. The number of alkyl halides is 3. The van der Waals surface area contributed by atoms with Crippen LogP contribution in [-0.2, 0) is 12.6 Å². The first kappa shape index (κ1) is 22.9. The van der Waals surface area contributed by atoms with Crippen LogP contribution < -0.4 is 5.73 Å². The van der Waals surface area contributed by atoms with Crippen LogP contribution in [-0.4, -0.2) is 27.8 Å². The summed E-state index contributed by atoms with van der Waals surface area (Å²) in [5.74, 6) is 0. The highest BCUT2D eigenvalue weighted by Gasteiger charge is 2.32. The van der Waals surface area contributed by atoms with Gasteiger partial charge in [0.05, 0.1) is 23.9 Å². The standard InChI is InChI=1S/C19H31F3N2O2/c1-2-3-4-5-6-7-8-9-10-15-11-14(19(20,21)22)12-17(24-15)18(26)16(23)13-25/h11-12,16,18,25-26H,2-10,13,23H2,1H3. The second kappa shape index (κ2) is 11.5. The lowest BCUT2D eigenvalue weighted by Crippen LogP contribution is -2.32. The summed E-state index contributed by atoms with van der Waals surface area (Å²) in [4.78, 5) is 4.13. The molecule has 4 N–H and O–H groups in total. The van der Waals surface area contributed by atoms with Gasteiger partial charge < -0.3 is 15.9 Å². The van der Waals surface area contributed by atoms with Gasteiger partial charge in [-0.1, -0.05) is 51.9 Å². The van der Waals surface area contributed by atoms with Crippen LogP contribution >= 0.6 is 0 Å². The van der Waals surface area contributed by atoms with Crippen molar-refractivity contribution < 1.29 is 23.4 Å². The second-order valence-electron chi connectivity index (χ2n) is 6.79. The fourth-order valence-electron chi connectivity index (χ4n) is 2.81. The summed E-state index contributed by atoms with van der Waals surface area (Å²) in [6.45, 7) is 1.63. The number of aliphatic hydroxyl groups is 2. The number of pyridine rings is 1. The van der Waals surface area contributed by atoms with Gasteiger partial charge >= 0.3 is 6.18 Å². The third kappa shape index (κ3) is 8.01. The van der Waals surface area contributed by atoms with Crippen molar-refractivity contribution in [2.75, 3.05) is 6.61 Å². The lowest BCUT2D eigenvalue weighted by Gasteiger charge is -2.18. The number of nitrogens with zero attached hydrogens (tertiary/aromatic N) is 1. The molecule has 1 rings (SSSR count). The number of aromatic nitrogens is 1. The molecule has 0 saturated heterocycles. The van der Waals surface area contributed by atoms with Crippen LogP contribution in [0, 0.1) is 0 Å². The van der Waals surface area contributed by atoms with Crippen molar-refractivity contribution in [1.82, 2.24) is 4.98 Å². The molecule has 0 aliphatic heterocycles. The van der Waals surface area contributed by atoms with Crippen molar-refractivity contribution in [3.8, 4) is 0 Å². The molecule has 26 heavy (non-hydrogen) atoms. The van der Waals surface area contributed by atoms with Crippen LogP contribution in [0.2, 0.25) is 0 Å². The van der Waals surface area contributed by atoms with E-state index in [9.17, 15) is 18.3 Å². The maximum Gasteiger partial charge on any atom is 0.416 e. The number of hydrogen-bond acceptors (Lipinski definition) is 4. The van der Waals surface area contributed by atoms with Gasteiger partial charge in [0.15, 0.2) is 0 Å². The molecule has 150 valence electrons. The second-order valence-corrected chi connectivity index (χ2v) is 6.79. The number of aliphatic hydroxyl groups excluding tert-OH is 2. The molecule has 0 amide bonds. The highest BCUT2D eigenvalue weighted by atomic mass is 19.4. The molecule has 0 saturated carbocycles. The van der Waals surface area contributed by atoms with Crippen molar-refractivity contribution in [3.05, 3.63) is 29.1 Å². The van der Waals surface area contributed by atoms with E-state index in [1.54, 1.807) is 0 Å². The highest BCUT2D eigenvalue weighted by molar-refractivity contribution is 5.26. The maximum absolute atomic E-state index is 13.1. The van der Waals surface area contributed by atoms with E-state index in [0.717, 1.165) is 37.8 Å². The topological polar surface area (TPSA) is 79.4 Å². The van der Waals surface area contributed by atoms with Crippen molar-refractivity contribution >= 4 is 0 Å². The predicted molar refractivity (Wildman–Crippen MR) is 95.6 cm³/mol. The molecular formula is C19H31F3N2O2. The minimum absolute atomic E-state index is 0.143. The summed E-state index contributed by atoms with van der Waals surface area (Å²) in [6, 6.07) is 0.765. The largest absolute Gasteiger partial charge is 0.416 e. The smallest absolute Gasteiger partial charge is 0.395 e. The summed E-state index contributed by atoms with van der Waals surface area (Å²) in [5, 5.41) is 19.0. The number of hydrogen-bond donors (Lipinski definition) is 3. The average Bonchev–Trinajstić information content (AvgIpc) is 2.61. The van der Waals surface area contributed by atoms with Crippen LogP contribution in [0.5, 0.6) is 0 Å². The van der Waals surface area contributed by atoms with Crippen LogP contribution in [0.3, 0.4) is 0 Å². The highest BCUT2D eigenvalue weighted by Crippen LogP contribution is 2.31. The first-order valence-electron chi connectivity index (χ1n) is 9.42.